The fourth-order valence-electron chi connectivity index (χ4n) is 2.20. The summed E-state index contributed by atoms with van der Waals surface area (Å²) < 4.78 is 4.96. The first-order chi connectivity index (χ1) is 12.4. The fourth-order valence-corrected chi connectivity index (χ4v) is 2.20. The molecule has 0 fully saturated rings. The van der Waals surface area contributed by atoms with E-state index in [1.807, 2.05) is 31.2 Å². The summed E-state index contributed by atoms with van der Waals surface area (Å²) in [4.78, 5) is 34.2. The lowest BCUT2D eigenvalue weighted by molar-refractivity contribution is -0.384. The number of carbonyl (C=O) groups is 2. The van der Waals surface area contributed by atoms with Gasteiger partial charge in [-0.05, 0) is 18.6 Å². The van der Waals surface area contributed by atoms with Crippen LogP contribution in [0.25, 0.3) is 0 Å². The van der Waals surface area contributed by atoms with E-state index in [0.29, 0.717) is 12.2 Å². The van der Waals surface area contributed by atoms with Crippen molar-refractivity contribution in [1.29, 1.82) is 0 Å². The van der Waals surface area contributed by atoms with Crippen LogP contribution in [-0.2, 0) is 16.1 Å². The van der Waals surface area contributed by atoms with Crippen molar-refractivity contribution in [3.8, 4) is 0 Å². The molecule has 0 saturated heterocycles. The van der Waals surface area contributed by atoms with Gasteiger partial charge in [0.1, 0.15) is 0 Å². The quantitative estimate of drug-likeness (QED) is 0.447. The first-order valence-corrected chi connectivity index (χ1v) is 7.86. The second kappa shape index (κ2) is 8.61. The molecule has 0 aromatic heterocycles. The number of carbonyl (C=O) groups excluding carboxylic acids is 2. The Morgan fingerprint density at radius 1 is 1.15 bits per heavy atom. The number of amides is 1. The maximum atomic E-state index is 12.2. The lowest BCUT2D eigenvalue weighted by Gasteiger charge is -2.10. The van der Waals surface area contributed by atoms with E-state index in [2.05, 4.69) is 10.6 Å². The van der Waals surface area contributed by atoms with Gasteiger partial charge in [-0.25, -0.2) is 4.79 Å². The van der Waals surface area contributed by atoms with Crippen molar-refractivity contribution in [2.75, 3.05) is 19.0 Å². The van der Waals surface area contributed by atoms with Crippen LogP contribution >= 0.6 is 0 Å². The van der Waals surface area contributed by atoms with Gasteiger partial charge < -0.3 is 15.4 Å². The number of hydrogen-bond acceptors (Lipinski definition) is 6. The summed E-state index contributed by atoms with van der Waals surface area (Å²) in [6, 6.07) is 11.4. The normalized spacial score (nSPS) is 10.1. The summed E-state index contributed by atoms with van der Waals surface area (Å²) in [5.74, 6) is -1.28. The average molecular weight is 357 g/mol. The zero-order valence-corrected chi connectivity index (χ0v) is 14.4. The number of aryl methyl sites for hydroxylation is 1. The van der Waals surface area contributed by atoms with Crippen LogP contribution in [0.1, 0.15) is 21.5 Å². The van der Waals surface area contributed by atoms with E-state index in [1.54, 1.807) is 7.05 Å². The molecule has 0 spiro atoms. The molecule has 0 aliphatic heterocycles. The summed E-state index contributed by atoms with van der Waals surface area (Å²) in [7, 11) is 1.58. The van der Waals surface area contributed by atoms with Crippen molar-refractivity contribution in [2.24, 2.45) is 0 Å². The Morgan fingerprint density at radius 3 is 2.46 bits per heavy atom. The van der Waals surface area contributed by atoms with E-state index in [1.165, 1.54) is 12.1 Å². The summed E-state index contributed by atoms with van der Waals surface area (Å²) in [5, 5.41) is 16.3. The van der Waals surface area contributed by atoms with Gasteiger partial charge in [0, 0.05) is 31.4 Å². The van der Waals surface area contributed by atoms with Gasteiger partial charge in [0.05, 0.1) is 10.5 Å². The standard InChI is InChI=1S/C18H19N3O5/c1-12-3-5-13(6-4-12)10-20-17(22)11-26-18(23)15-9-14(21(24)25)7-8-16(15)19-2/h3-9,19H,10-11H2,1-2H3,(H,20,22). The van der Waals surface area contributed by atoms with Gasteiger partial charge in [0.2, 0.25) is 0 Å². The van der Waals surface area contributed by atoms with Crippen molar-refractivity contribution < 1.29 is 19.2 Å². The lowest BCUT2D eigenvalue weighted by Crippen LogP contribution is -2.28. The minimum Gasteiger partial charge on any atom is -0.452 e. The number of esters is 1. The molecular weight excluding hydrogens is 338 g/mol. The number of hydrogen-bond donors (Lipinski definition) is 2. The highest BCUT2D eigenvalue weighted by molar-refractivity contribution is 5.97. The fraction of sp³-hybridized carbons (Fsp3) is 0.222. The van der Waals surface area contributed by atoms with Gasteiger partial charge in [-0.2, -0.15) is 0 Å². The Bertz CT molecular complexity index is 818. The van der Waals surface area contributed by atoms with E-state index in [-0.39, 0.29) is 11.3 Å². The zero-order valence-electron chi connectivity index (χ0n) is 14.4. The highest BCUT2D eigenvalue weighted by Gasteiger charge is 2.18. The highest BCUT2D eigenvalue weighted by Crippen LogP contribution is 2.22. The molecule has 2 N–H and O–H groups in total. The SMILES string of the molecule is CNc1ccc([N+](=O)[O-])cc1C(=O)OCC(=O)NCc1ccc(C)cc1. The van der Waals surface area contributed by atoms with Crippen molar-refractivity contribution in [1.82, 2.24) is 5.32 Å². The molecule has 0 radical (unpaired) electrons. The number of rotatable bonds is 7. The minimum atomic E-state index is -0.816. The molecule has 26 heavy (non-hydrogen) atoms. The van der Waals surface area contributed by atoms with Crippen LogP contribution < -0.4 is 10.6 Å². The Hall–Kier alpha value is -3.42. The van der Waals surface area contributed by atoms with Crippen LogP contribution in [0.15, 0.2) is 42.5 Å². The number of nitrogens with zero attached hydrogens (tertiary/aromatic N) is 1. The molecule has 2 aromatic rings. The molecule has 0 aliphatic rings. The molecule has 136 valence electrons. The third kappa shape index (κ3) is 5.04. The lowest BCUT2D eigenvalue weighted by atomic mass is 10.1. The van der Waals surface area contributed by atoms with Crippen LogP contribution in [0.5, 0.6) is 0 Å². The Balaban J connectivity index is 1.93. The van der Waals surface area contributed by atoms with Crippen LogP contribution in [0, 0.1) is 17.0 Å². The Labute approximate surface area is 150 Å². The first-order valence-electron chi connectivity index (χ1n) is 7.86. The number of benzene rings is 2. The number of nitro benzene ring substituents is 1. The smallest absolute Gasteiger partial charge is 0.341 e. The summed E-state index contributed by atoms with van der Waals surface area (Å²) in [6.45, 7) is 1.81. The molecule has 0 aliphatic carbocycles. The number of nitrogens with one attached hydrogen (secondary N) is 2. The molecule has 0 atom stereocenters. The molecular formula is C18H19N3O5. The molecule has 1 amide bonds. The predicted octanol–water partition coefficient (Wildman–Crippen LogP) is 2.42. The van der Waals surface area contributed by atoms with Crippen LogP contribution in [0.4, 0.5) is 11.4 Å². The predicted molar refractivity (Wildman–Crippen MR) is 96.0 cm³/mol. The molecule has 0 heterocycles. The van der Waals surface area contributed by atoms with Gasteiger partial charge in [0.25, 0.3) is 11.6 Å². The first kappa shape index (κ1) is 18.9. The van der Waals surface area contributed by atoms with E-state index >= 15 is 0 Å². The van der Waals surface area contributed by atoms with Crippen LogP contribution in [0.2, 0.25) is 0 Å². The van der Waals surface area contributed by atoms with Gasteiger partial charge in [-0.1, -0.05) is 29.8 Å². The number of anilines is 1. The molecule has 0 unspecified atom stereocenters. The van der Waals surface area contributed by atoms with Crippen LogP contribution in [-0.4, -0.2) is 30.5 Å². The van der Waals surface area contributed by atoms with E-state index in [4.69, 9.17) is 4.74 Å². The molecule has 2 aromatic carbocycles. The van der Waals surface area contributed by atoms with Crippen molar-refractivity contribution in [2.45, 2.75) is 13.5 Å². The minimum absolute atomic E-state index is 0.00645. The molecule has 0 saturated carbocycles. The highest BCUT2D eigenvalue weighted by atomic mass is 16.6. The van der Waals surface area contributed by atoms with Gasteiger partial charge in [-0.15, -0.1) is 0 Å². The van der Waals surface area contributed by atoms with Crippen molar-refractivity contribution in [3.63, 3.8) is 0 Å². The molecule has 8 heteroatoms. The van der Waals surface area contributed by atoms with Crippen LogP contribution in [0.3, 0.4) is 0 Å². The Morgan fingerprint density at radius 2 is 1.85 bits per heavy atom. The zero-order chi connectivity index (χ0) is 19.1. The third-order valence-corrected chi connectivity index (χ3v) is 3.65. The Kier molecular flexibility index (Phi) is 6.26. The number of nitro groups is 1. The van der Waals surface area contributed by atoms with Gasteiger partial charge >= 0.3 is 5.97 Å². The summed E-state index contributed by atoms with van der Waals surface area (Å²) >= 11 is 0. The number of ether oxygens (including phenoxy) is 1. The third-order valence-electron chi connectivity index (χ3n) is 3.65. The van der Waals surface area contributed by atoms with E-state index < -0.39 is 23.4 Å². The number of non-ortho nitro benzene ring substituents is 1. The van der Waals surface area contributed by atoms with Crippen molar-refractivity contribution in [3.05, 3.63) is 69.3 Å². The van der Waals surface area contributed by atoms with Gasteiger partial charge in [0.15, 0.2) is 6.61 Å². The average Bonchev–Trinajstić information content (AvgIpc) is 2.65. The van der Waals surface area contributed by atoms with Crippen molar-refractivity contribution >= 4 is 23.3 Å². The topological polar surface area (TPSA) is 111 Å². The molecule has 0 bridgehead atoms. The van der Waals surface area contributed by atoms with Gasteiger partial charge in [-0.3, -0.25) is 14.9 Å². The second-order valence-electron chi connectivity index (χ2n) is 5.58. The maximum Gasteiger partial charge on any atom is 0.341 e. The van der Waals surface area contributed by atoms with E-state index in [9.17, 15) is 19.7 Å². The second-order valence-corrected chi connectivity index (χ2v) is 5.58. The summed E-state index contributed by atoms with van der Waals surface area (Å²) in [5.41, 5.74) is 2.17. The largest absolute Gasteiger partial charge is 0.452 e. The summed E-state index contributed by atoms with van der Waals surface area (Å²) in [6.07, 6.45) is 0. The van der Waals surface area contributed by atoms with E-state index in [0.717, 1.165) is 17.2 Å². The monoisotopic (exact) mass is 357 g/mol. The molecule has 8 nitrogen and oxygen atoms in total. The molecule has 2 rings (SSSR count). The maximum absolute atomic E-state index is 12.2.